The summed E-state index contributed by atoms with van der Waals surface area (Å²) >= 11 is 0. The Kier molecular flexibility index (Phi) is 3.23. The summed E-state index contributed by atoms with van der Waals surface area (Å²) in [7, 11) is 0. The quantitative estimate of drug-likeness (QED) is 0.879. The minimum absolute atomic E-state index is 0.00685. The van der Waals surface area contributed by atoms with Gasteiger partial charge in [0.25, 0.3) is 11.7 Å². The Labute approximate surface area is 114 Å². The zero-order valence-electron chi connectivity index (χ0n) is 11.1. The van der Waals surface area contributed by atoms with Gasteiger partial charge in [0.15, 0.2) is 0 Å². The molecule has 20 heavy (non-hydrogen) atoms. The number of aryl methyl sites for hydroxylation is 1. The van der Waals surface area contributed by atoms with E-state index >= 15 is 0 Å². The highest BCUT2D eigenvalue weighted by Crippen LogP contribution is 2.32. The zero-order chi connectivity index (χ0) is 14.1. The third kappa shape index (κ3) is 2.42. The van der Waals surface area contributed by atoms with Gasteiger partial charge in [-0.25, -0.2) is 0 Å². The first-order chi connectivity index (χ1) is 9.63. The maximum absolute atomic E-state index is 11.0. The molecule has 0 radical (unpaired) electrons. The molecule has 0 spiro atoms. The van der Waals surface area contributed by atoms with Crippen LogP contribution in [-0.2, 0) is 6.54 Å². The van der Waals surface area contributed by atoms with E-state index in [1.54, 1.807) is 0 Å². The van der Waals surface area contributed by atoms with Crippen molar-refractivity contribution >= 4 is 5.91 Å². The van der Waals surface area contributed by atoms with Crippen LogP contribution in [0, 0.1) is 6.92 Å². The first-order valence-corrected chi connectivity index (χ1v) is 6.43. The predicted molar refractivity (Wildman–Crippen MR) is 66.4 cm³/mol. The van der Waals surface area contributed by atoms with Crippen LogP contribution in [0.4, 0.5) is 0 Å². The maximum atomic E-state index is 11.0. The van der Waals surface area contributed by atoms with Crippen LogP contribution in [0.1, 0.15) is 46.8 Å². The van der Waals surface area contributed by atoms with Crippen molar-refractivity contribution in [1.29, 1.82) is 0 Å². The molecule has 2 aromatic heterocycles. The summed E-state index contributed by atoms with van der Waals surface area (Å²) in [6.07, 6.45) is 1.92. The number of aromatic nitrogens is 3. The van der Waals surface area contributed by atoms with Gasteiger partial charge in [0.2, 0.25) is 5.89 Å². The lowest BCUT2D eigenvalue weighted by atomic mass is 10.2. The molecule has 3 rings (SSSR count). The molecule has 106 valence electrons. The minimum atomic E-state index is -0.684. The van der Waals surface area contributed by atoms with Gasteiger partial charge < -0.3 is 14.8 Å². The maximum Gasteiger partial charge on any atom is 0.290 e. The normalized spacial score (nSPS) is 19.6. The van der Waals surface area contributed by atoms with Crippen LogP contribution < -0.4 is 5.73 Å². The number of carbonyl (C=O) groups excluding carboxylic acids is 1. The Morgan fingerprint density at radius 3 is 3.00 bits per heavy atom. The summed E-state index contributed by atoms with van der Waals surface area (Å²) in [5.74, 6) is 0.446. The summed E-state index contributed by atoms with van der Waals surface area (Å²) < 4.78 is 10.2. The molecule has 1 atom stereocenters. The number of nitrogens with two attached hydrogens (primary N) is 1. The van der Waals surface area contributed by atoms with E-state index in [0.717, 1.165) is 30.8 Å². The average molecular weight is 277 g/mol. The molecule has 1 aliphatic heterocycles. The summed E-state index contributed by atoms with van der Waals surface area (Å²) in [5, 5.41) is 7.57. The van der Waals surface area contributed by atoms with Gasteiger partial charge in [0, 0.05) is 12.6 Å². The van der Waals surface area contributed by atoms with E-state index in [1.807, 2.05) is 13.0 Å². The Morgan fingerprint density at radius 1 is 1.50 bits per heavy atom. The van der Waals surface area contributed by atoms with Gasteiger partial charge in [-0.3, -0.25) is 9.69 Å². The van der Waals surface area contributed by atoms with Gasteiger partial charge in [-0.05, 0) is 26.3 Å². The fourth-order valence-electron chi connectivity index (χ4n) is 2.47. The van der Waals surface area contributed by atoms with E-state index in [4.69, 9.17) is 14.8 Å². The molecule has 8 heteroatoms. The van der Waals surface area contributed by atoms with E-state index in [1.165, 1.54) is 0 Å². The average Bonchev–Trinajstić information content (AvgIpc) is 3.10. The highest BCUT2D eigenvalue weighted by molar-refractivity contribution is 5.88. The van der Waals surface area contributed by atoms with Crippen molar-refractivity contribution in [3.8, 4) is 0 Å². The van der Waals surface area contributed by atoms with Crippen LogP contribution in [0.3, 0.4) is 0 Å². The summed E-state index contributed by atoms with van der Waals surface area (Å²) in [5.41, 5.74) is 5.99. The molecule has 0 bridgehead atoms. The second-order valence-electron chi connectivity index (χ2n) is 4.88. The Balaban J connectivity index is 1.76. The minimum Gasteiger partial charge on any atom is -0.363 e. The molecule has 1 aliphatic rings. The van der Waals surface area contributed by atoms with Gasteiger partial charge in [-0.15, -0.1) is 0 Å². The zero-order valence-corrected chi connectivity index (χ0v) is 11.1. The molecule has 0 unspecified atom stereocenters. The SMILES string of the molecule is Cc1cc(CN2CCC[C@@H]2c2nc(C(N)=O)no2)no1. The van der Waals surface area contributed by atoms with Crippen molar-refractivity contribution in [2.45, 2.75) is 32.4 Å². The molecule has 0 saturated carbocycles. The molecule has 1 saturated heterocycles. The van der Waals surface area contributed by atoms with Gasteiger partial charge in [0.1, 0.15) is 5.76 Å². The van der Waals surface area contributed by atoms with Crippen molar-refractivity contribution in [3.05, 3.63) is 29.2 Å². The largest absolute Gasteiger partial charge is 0.363 e. The molecule has 3 heterocycles. The van der Waals surface area contributed by atoms with E-state index in [2.05, 4.69) is 20.2 Å². The van der Waals surface area contributed by atoms with Gasteiger partial charge in [-0.1, -0.05) is 10.3 Å². The number of nitrogens with zero attached hydrogens (tertiary/aromatic N) is 4. The topological polar surface area (TPSA) is 111 Å². The molecule has 0 aromatic carbocycles. The highest BCUT2D eigenvalue weighted by Gasteiger charge is 2.31. The summed E-state index contributed by atoms with van der Waals surface area (Å²) in [6.45, 7) is 3.41. The number of likely N-dealkylation sites (tertiary alicyclic amines) is 1. The van der Waals surface area contributed by atoms with E-state index < -0.39 is 5.91 Å². The monoisotopic (exact) mass is 277 g/mol. The second kappa shape index (κ2) is 5.04. The molecule has 2 aromatic rings. The molecular weight excluding hydrogens is 262 g/mol. The van der Waals surface area contributed by atoms with Crippen LogP contribution in [0.15, 0.2) is 15.1 Å². The van der Waals surface area contributed by atoms with Crippen LogP contribution in [-0.4, -0.2) is 32.6 Å². The van der Waals surface area contributed by atoms with Crippen molar-refractivity contribution in [1.82, 2.24) is 20.2 Å². The first-order valence-electron chi connectivity index (χ1n) is 6.43. The Bertz CT molecular complexity index is 620. The molecule has 8 nitrogen and oxygen atoms in total. The Morgan fingerprint density at radius 2 is 2.35 bits per heavy atom. The number of hydrogen-bond donors (Lipinski definition) is 1. The molecular formula is C12H15N5O3. The van der Waals surface area contributed by atoms with Gasteiger partial charge in [0.05, 0.1) is 11.7 Å². The Hall–Kier alpha value is -2.22. The fourth-order valence-corrected chi connectivity index (χ4v) is 2.47. The lowest BCUT2D eigenvalue weighted by molar-refractivity contribution is 0.0987. The van der Waals surface area contributed by atoms with Crippen molar-refractivity contribution < 1.29 is 13.8 Å². The third-order valence-corrected chi connectivity index (χ3v) is 3.35. The second-order valence-corrected chi connectivity index (χ2v) is 4.88. The number of hydrogen-bond acceptors (Lipinski definition) is 7. The smallest absolute Gasteiger partial charge is 0.290 e. The third-order valence-electron chi connectivity index (χ3n) is 3.35. The van der Waals surface area contributed by atoms with E-state index in [-0.39, 0.29) is 11.9 Å². The molecule has 1 amide bonds. The lowest BCUT2D eigenvalue weighted by Gasteiger charge is -2.19. The molecule has 2 N–H and O–H groups in total. The van der Waals surface area contributed by atoms with Crippen LogP contribution in [0.2, 0.25) is 0 Å². The van der Waals surface area contributed by atoms with Crippen LogP contribution in [0.25, 0.3) is 0 Å². The summed E-state index contributed by atoms with van der Waals surface area (Å²) in [6, 6.07) is 1.89. The number of amides is 1. The number of carbonyl (C=O) groups is 1. The van der Waals surface area contributed by atoms with Crippen LogP contribution in [0.5, 0.6) is 0 Å². The van der Waals surface area contributed by atoms with Gasteiger partial charge >= 0.3 is 0 Å². The number of primary amides is 1. The highest BCUT2D eigenvalue weighted by atomic mass is 16.5. The molecule has 1 fully saturated rings. The molecule has 0 aliphatic carbocycles. The fraction of sp³-hybridized carbons (Fsp3) is 0.500. The predicted octanol–water partition coefficient (Wildman–Crippen LogP) is 0.802. The van der Waals surface area contributed by atoms with Crippen LogP contribution >= 0.6 is 0 Å². The van der Waals surface area contributed by atoms with Crippen molar-refractivity contribution in [2.24, 2.45) is 5.73 Å². The first kappa shape index (κ1) is 12.8. The summed E-state index contributed by atoms with van der Waals surface area (Å²) in [4.78, 5) is 17.2. The standard InChI is InChI=1S/C12H15N5O3/c1-7-5-8(15-19-7)6-17-4-2-3-9(17)12-14-11(10(13)18)16-20-12/h5,9H,2-4,6H2,1H3,(H2,13,18)/t9-/m1/s1. The number of rotatable bonds is 4. The van der Waals surface area contributed by atoms with Crippen molar-refractivity contribution in [2.75, 3.05) is 6.54 Å². The lowest BCUT2D eigenvalue weighted by Crippen LogP contribution is -2.23. The van der Waals surface area contributed by atoms with Crippen molar-refractivity contribution in [3.63, 3.8) is 0 Å². The van der Waals surface area contributed by atoms with E-state index in [9.17, 15) is 4.79 Å². The van der Waals surface area contributed by atoms with Gasteiger partial charge in [-0.2, -0.15) is 4.98 Å². The van der Waals surface area contributed by atoms with E-state index in [0.29, 0.717) is 12.4 Å².